The Balaban J connectivity index is 1.64. The zero-order chi connectivity index (χ0) is 17.6. The summed E-state index contributed by atoms with van der Waals surface area (Å²) in [5.41, 5.74) is 1.89. The fourth-order valence-electron chi connectivity index (χ4n) is 2.82. The van der Waals surface area contributed by atoms with Gasteiger partial charge in [-0.1, -0.05) is 42.5 Å². The van der Waals surface area contributed by atoms with E-state index < -0.39 is 6.10 Å². The van der Waals surface area contributed by atoms with Crippen LogP contribution in [0.25, 0.3) is 0 Å². The summed E-state index contributed by atoms with van der Waals surface area (Å²) >= 11 is 0. The molecule has 0 aliphatic carbocycles. The Morgan fingerprint density at radius 1 is 1.00 bits per heavy atom. The molecule has 1 aliphatic heterocycles. The van der Waals surface area contributed by atoms with E-state index in [4.69, 9.17) is 9.47 Å². The molecular formula is C20H21NO4. The van der Waals surface area contributed by atoms with E-state index in [9.17, 15) is 9.59 Å². The molecule has 130 valence electrons. The molecule has 1 unspecified atom stereocenters. The Kier molecular flexibility index (Phi) is 5.46. The van der Waals surface area contributed by atoms with E-state index >= 15 is 0 Å². The molecule has 0 aromatic heterocycles. The van der Waals surface area contributed by atoms with E-state index in [1.807, 2.05) is 54.6 Å². The Morgan fingerprint density at radius 2 is 1.72 bits per heavy atom. The van der Waals surface area contributed by atoms with Crippen molar-refractivity contribution in [1.82, 2.24) is 4.90 Å². The van der Waals surface area contributed by atoms with E-state index in [1.165, 1.54) is 4.90 Å². The van der Waals surface area contributed by atoms with Crippen LogP contribution < -0.4 is 4.74 Å². The van der Waals surface area contributed by atoms with E-state index in [2.05, 4.69) is 0 Å². The van der Waals surface area contributed by atoms with Crippen LogP contribution in [0, 0.1) is 0 Å². The number of amides is 2. The SMILES string of the molecule is COc1ccc(CN2C(=O)CCC(OCc3ccccc3)C2=O)cc1. The summed E-state index contributed by atoms with van der Waals surface area (Å²) in [5.74, 6) is 0.326. The highest BCUT2D eigenvalue weighted by Gasteiger charge is 2.34. The lowest BCUT2D eigenvalue weighted by Gasteiger charge is -2.30. The van der Waals surface area contributed by atoms with Gasteiger partial charge in [0, 0.05) is 6.42 Å². The third-order valence-corrected chi connectivity index (χ3v) is 4.26. The lowest BCUT2D eigenvalue weighted by molar-refractivity contribution is -0.160. The lowest BCUT2D eigenvalue weighted by atomic mass is 10.0. The predicted octanol–water partition coefficient (Wildman–Crippen LogP) is 2.93. The van der Waals surface area contributed by atoms with Crippen LogP contribution in [0.5, 0.6) is 5.75 Å². The Hall–Kier alpha value is -2.66. The number of ether oxygens (including phenoxy) is 2. The fraction of sp³-hybridized carbons (Fsp3) is 0.300. The number of carbonyl (C=O) groups is 2. The molecule has 0 bridgehead atoms. The fourth-order valence-corrected chi connectivity index (χ4v) is 2.82. The van der Waals surface area contributed by atoms with Crippen molar-refractivity contribution in [2.75, 3.05) is 7.11 Å². The molecular weight excluding hydrogens is 318 g/mol. The van der Waals surface area contributed by atoms with Crippen LogP contribution in [0.2, 0.25) is 0 Å². The van der Waals surface area contributed by atoms with E-state index in [0.717, 1.165) is 16.9 Å². The smallest absolute Gasteiger partial charge is 0.258 e. The molecule has 1 saturated heterocycles. The Labute approximate surface area is 147 Å². The number of nitrogens with zero attached hydrogens (tertiary/aromatic N) is 1. The number of rotatable bonds is 6. The third kappa shape index (κ3) is 4.25. The average Bonchev–Trinajstić information content (AvgIpc) is 2.66. The maximum absolute atomic E-state index is 12.6. The normalized spacial score (nSPS) is 17.6. The van der Waals surface area contributed by atoms with Gasteiger partial charge in [0.05, 0.1) is 20.3 Å². The van der Waals surface area contributed by atoms with Crippen molar-refractivity contribution in [3.63, 3.8) is 0 Å². The average molecular weight is 339 g/mol. The Morgan fingerprint density at radius 3 is 2.40 bits per heavy atom. The number of hydrogen-bond acceptors (Lipinski definition) is 4. The van der Waals surface area contributed by atoms with E-state index in [1.54, 1.807) is 7.11 Å². The molecule has 1 atom stereocenters. The summed E-state index contributed by atoms with van der Waals surface area (Å²) < 4.78 is 10.9. The van der Waals surface area contributed by atoms with Crippen molar-refractivity contribution in [2.45, 2.75) is 32.1 Å². The molecule has 0 spiro atoms. The maximum atomic E-state index is 12.6. The van der Waals surface area contributed by atoms with Gasteiger partial charge >= 0.3 is 0 Å². The summed E-state index contributed by atoms with van der Waals surface area (Å²) in [4.78, 5) is 26.1. The lowest BCUT2D eigenvalue weighted by Crippen LogP contribution is -2.48. The van der Waals surface area contributed by atoms with Crippen LogP contribution in [0.4, 0.5) is 0 Å². The minimum atomic E-state index is -0.573. The van der Waals surface area contributed by atoms with Gasteiger partial charge in [-0.2, -0.15) is 0 Å². The molecule has 2 aromatic carbocycles. The number of imide groups is 1. The third-order valence-electron chi connectivity index (χ3n) is 4.26. The zero-order valence-electron chi connectivity index (χ0n) is 14.2. The van der Waals surface area contributed by atoms with Crippen LogP contribution in [-0.4, -0.2) is 29.9 Å². The molecule has 0 N–H and O–H groups in total. The van der Waals surface area contributed by atoms with Crippen LogP contribution >= 0.6 is 0 Å². The molecule has 25 heavy (non-hydrogen) atoms. The Bertz CT molecular complexity index is 727. The maximum Gasteiger partial charge on any atom is 0.258 e. The van der Waals surface area contributed by atoms with E-state index in [-0.39, 0.29) is 18.4 Å². The van der Waals surface area contributed by atoms with Crippen LogP contribution in [-0.2, 0) is 27.5 Å². The van der Waals surface area contributed by atoms with Crippen molar-refractivity contribution in [3.8, 4) is 5.75 Å². The van der Waals surface area contributed by atoms with Crippen molar-refractivity contribution in [3.05, 3.63) is 65.7 Å². The first-order chi connectivity index (χ1) is 12.2. The highest BCUT2D eigenvalue weighted by atomic mass is 16.5. The minimum Gasteiger partial charge on any atom is -0.497 e. The van der Waals surface area contributed by atoms with Gasteiger partial charge in [0.25, 0.3) is 5.91 Å². The van der Waals surface area contributed by atoms with Crippen molar-refractivity contribution in [2.24, 2.45) is 0 Å². The van der Waals surface area contributed by atoms with Gasteiger partial charge in [-0.3, -0.25) is 14.5 Å². The summed E-state index contributed by atoms with van der Waals surface area (Å²) in [5, 5.41) is 0. The number of methoxy groups -OCH3 is 1. The quantitative estimate of drug-likeness (QED) is 0.760. The van der Waals surface area contributed by atoms with Crippen LogP contribution in [0.15, 0.2) is 54.6 Å². The topological polar surface area (TPSA) is 55.8 Å². The van der Waals surface area contributed by atoms with Gasteiger partial charge < -0.3 is 9.47 Å². The monoisotopic (exact) mass is 339 g/mol. The summed E-state index contributed by atoms with van der Waals surface area (Å²) in [7, 11) is 1.60. The highest BCUT2D eigenvalue weighted by molar-refractivity contribution is 5.99. The van der Waals surface area contributed by atoms with Crippen LogP contribution in [0.3, 0.4) is 0 Å². The molecule has 2 aromatic rings. The van der Waals surface area contributed by atoms with Gasteiger partial charge in [0.1, 0.15) is 11.9 Å². The predicted molar refractivity (Wildman–Crippen MR) is 92.8 cm³/mol. The second-order valence-corrected chi connectivity index (χ2v) is 5.99. The first kappa shape index (κ1) is 17.2. The highest BCUT2D eigenvalue weighted by Crippen LogP contribution is 2.21. The van der Waals surface area contributed by atoms with Gasteiger partial charge in [-0.05, 0) is 29.7 Å². The molecule has 1 aliphatic rings. The number of likely N-dealkylation sites (tertiary alicyclic amines) is 1. The van der Waals surface area contributed by atoms with Crippen molar-refractivity contribution < 1.29 is 19.1 Å². The number of piperidine rings is 1. The van der Waals surface area contributed by atoms with Gasteiger partial charge in [-0.15, -0.1) is 0 Å². The minimum absolute atomic E-state index is 0.152. The van der Waals surface area contributed by atoms with Crippen molar-refractivity contribution >= 4 is 11.8 Å². The molecule has 0 saturated carbocycles. The summed E-state index contributed by atoms with van der Waals surface area (Å²) in [6.45, 7) is 0.620. The van der Waals surface area contributed by atoms with Gasteiger partial charge in [-0.25, -0.2) is 0 Å². The van der Waals surface area contributed by atoms with Gasteiger partial charge in [0.2, 0.25) is 5.91 Å². The second kappa shape index (κ2) is 7.94. The molecule has 5 heteroatoms. The standard InChI is InChI=1S/C20H21NO4/c1-24-17-9-7-15(8-10-17)13-21-19(22)12-11-18(20(21)23)25-14-16-5-3-2-4-6-16/h2-10,18H,11-14H2,1H3. The molecule has 1 heterocycles. The van der Waals surface area contributed by atoms with Gasteiger partial charge in [0.15, 0.2) is 0 Å². The molecule has 5 nitrogen and oxygen atoms in total. The zero-order valence-corrected chi connectivity index (χ0v) is 14.2. The molecule has 1 fully saturated rings. The van der Waals surface area contributed by atoms with Crippen molar-refractivity contribution in [1.29, 1.82) is 0 Å². The first-order valence-electron chi connectivity index (χ1n) is 8.30. The summed E-state index contributed by atoms with van der Waals surface area (Å²) in [6.07, 6.45) is 0.182. The molecule has 2 amide bonds. The first-order valence-corrected chi connectivity index (χ1v) is 8.30. The molecule has 0 radical (unpaired) electrons. The summed E-state index contributed by atoms with van der Waals surface area (Å²) in [6, 6.07) is 17.0. The largest absolute Gasteiger partial charge is 0.497 e. The molecule has 3 rings (SSSR count). The van der Waals surface area contributed by atoms with Crippen LogP contribution in [0.1, 0.15) is 24.0 Å². The van der Waals surface area contributed by atoms with E-state index in [0.29, 0.717) is 19.4 Å². The number of carbonyl (C=O) groups excluding carboxylic acids is 2. The second-order valence-electron chi connectivity index (χ2n) is 5.99. The number of hydrogen-bond donors (Lipinski definition) is 0. The number of benzene rings is 2.